The molecular weight excluding hydrogens is 266 g/mol. The number of aromatic amines is 1. The van der Waals surface area contributed by atoms with Crippen molar-refractivity contribution in [1.29, 1.82) is 0 Å². The Hall–Kier alpha value is -2.69. The maximum Gasteiger partial charge on any atom is 0.342 e. The summed E-state index contributed by atoms with van der Waals surface area (Å²) in [5.41, 5.74) is 7.35. The Morgan fingerprint density at radius 2 is 2.05 bits per heavy atom. The summed E-state index contributed by atoms with van der Waals surface area (Å²) in [7, 11) is 0. The molecule has 108 valence electrons. The van der Waals surface area contributed by atoms with Crippen molar-refractivity contribution in [2.45, 2.75) is 19.3 Å². The van der Waals surface area contributed by atoms with Gasteiger partial charge in [-0.3, -0.25) is 0 Å². The minimum Gasteiger partial charge on any atom is -0.380 e. The van der Waals surface area contributed by atoms with Gasteiger partial charge in [-0.25, -0.2) is 9.78 Å². The van der Waals surface area contributed by atoms with Crippen molar-refractivity contribution in [1.82, 2.24) is 0 Å². The van der Waals surface area contributed by atoms with Gasteiger partial charge in [0.15, 0.2) is 18.2 Å². The second kappa shape index (κ2) is 7.19. The first-order valence-corrected chi connectivity index (χ1v) is 6.78. The van der Waals surface area contributed by atoms with Crippen LogP contribution in [0.4, 0.5) is 0 Å². The number of pyridine rings is 1. The summed E-state index contributed by atoms with van der Waals surface area (Å²) >= 11 is 0. The van der Waals surface area contributed by atoms with Crippen LogP contribution in [0.2, 0.25) is 0 Å². The summed E-state index contributed by atoms with van der Waals surface area (Å²) in [6, 6.07) is 13.0. The summed E-state index contributed by atoms with van der Waals surface area (Å²) in [6.45, 7) is 1.93. The second-order valence-electron chi connectivity index (χ2n) is 4.55. The number of carbonyl (C=O) groups excluding carboxylic acids is 1. The smallest absolute Gasteiger partial charge is 0.342 e. The fourth-order valence-corrected chi connectivity index (χ4v) is 1.99. The van der Waals surface area contributed by atoms with Crippen LogP contribution in [0.25, 0.3) is 0 Å². The van der Waals surface area contributed by atoms with Crippen LogP contribution in [0.5, 0.6) is 0 Å². The van der Waals surface area contributed by atoms with Gasteiger partial charge in [0.25, 0.3) is 0 Å². The quantitative estimate of drug-likeness (QED) is 0.394. The first-order valence-electron chi connectivity index (χ1n) is 6.78. The predicted molar refractivity (Wildman–Crippen MR) is 79.3 cm³/mol. The van der Waals surface area contributed by atoms with Crippen LogP contribution in [-0.4, -0.2) is 11.8 Å². The average molecular weight is 284 g/mol. The van der Waals surface area contributed by atoms with Crippen molar-refractivity contribution in [3.63, 3.8) is 0 Å². The van der Waals surface area contributed by atoms with E-state index < -0.39 is 5.97 Å². The lowest BCUT2D eigenvalue weighted by Gasteiger charge is -2.11. The third kappa shape index (κ3) is 3.89. The van der Waals surface area contributed by atoms with Gasteiger partial charge in [0.05, 0.1) is 11.5 Å². The first kappa shape index (κ1) is 14.7. The first-order chi connectivity index (χ1) is 10.2. The molecule has 5 nitrogen and oxygen atoms in total. The van der Waals surface area contributed by atoms with Crippen molar-refractivity contribution >= 4 is 11.8 Å². The van der Waals surface area contributed by atoms with E-state index in [1.165, 1.54) is 0 Å². The van der Waals surface area contributed by atoms with Crippen molar-refractivity contribution < 1.29 is 14.6 Å². The Kier molecular flexibility index (Phi) is 5.04. The minimum absolute atomic E-state index is 0.156. The molecule has 3 N–H and O–H groups in total. The van der Waals surface area contributed by atoms with Crippen molar-refractivity contribution in [2.24, 2.45) is 10.9 Å². The summed E-state index contributed by atoms with van der Waals surface area (Å²) in [5, 5.41) is 3.71. The molecule has 0 aliphatic rings. The topological polar surface area (TPSA) is 78.8 Å². The van der Waals surface area contributed by atoms with E-state index in [-0.39, 0.29) is 11.8 Å². The molecule has 1 heterocycles. The van der Waals surface area contributed by atoms with Gasteiger partial charge in [-0.15, -0.1) is 0 Å². The maximum atomic E-state index is 12.1. The highest BCUT2D eigenvalue weighted by molar-refractivity contribution is 5.97. The molecule has 1 aromatic carbocycles. The van der Waals surface area contributed by atoms with Gasteiger partial charge in [-0.2, -0.15) is 0 Å². The number of H-pyrrole nitrogens is 1. The highest BCUT2D eigenvalue weighted by Gasteiger charge is 2.20. The number of hydrogen-bond acceptors (Lipinski definition) is 3. The molecule has 0 fully saturated rings. The molecule has 5 heteroatoms. The minimum atomic E-state index is -0.411. The number of aromatic nitrogens is 1. The lowest BCUT2D eigenvalue weighted by Crippen LogP contribution is -2.19. The molecular formula is C16H18N3O2+. The van der Waals surface area contributed by atoms with Gasteiger partial charge in [-0.1, -0.05) is 42.4 Å². The molecule has 1 atom stereocenters. The molecule has 0 spiro atoms. The molecule has 0 aliphatic heterocycles. The molecule has 21 heavy (non-hydrogen) atoms. The van der Waals surface area contributed by atoms with Crippen molar-refractivity contribution in [2.75, 3.05) is 0 Å². The number of hydrogen-bond donors (Lipinski definition) is 1. The number of amidine groups is 1. The van der Waals surface area contributed by atoms with E-state index in [9.17, 15) is 4.79 Å². The van der Waals surface area contributed by atoms with Crippen molar-refractivity contribution in [3.8, 4) is 0 Å². The summed E-state index contributed by atoms with van der Waals surface area (Å²) in [6.07, 6.45) is 4.07. The van der Waals surface area contributed by atoms with E-state index in [2.05, 4.69) is 10.1 Å². The lowest BCUT2D eigenvalue weighted by molar-refractivity contribution is -0.378. The van der Waals surface area contributed by atoms with Crippen LogP contribution in [0.3, 0.4) is 0 Å². The summed E-state index contributed by atoms with van der Waals surface area (Å²) in [5.74, 6) is -0.597. The van der Waals surface area contributed by atoms with Crippen LogP contribution in [0.1, 0.15) is 30.4 Å². The zero-order chi connectivity index (χ0) is 15.1. The maximum absolute atomic E-state index is 12.1. The van der Waals surface area contributed by atoms with E-state index in [0.717, 1.165) is 5.56 Å². The zero-order valence-corrected chi connectivity index (χ0v) is 11.8. The zero-order valence-electron chi connectivity index (χ0n) is 11.8. The number of carbonyl (C=O) groups is 1. The summed E-state index contributed by atoms with van der Waals surface area (Å²) < 4.78 is 0. The average Bonchev–Trinajstić information content (AvgIpc) is 2.55. The van der Waals surface area contributed by atoms with Crippen LogP contribution in [0, 0.1) is 0 Å². The molecule has 1 unspecified atom stereocenters. The van der Waals surface area contributed by atoms with Crippen molar-refractivity contribution in [3.05, 3.63) is 66.0 Å². The molecule has 2 rings (SSSR count). The third-order valence-corrected chi connectivity index (χ3v) is 3.13. The Labute approximate surface area is 123 Å². The van der Waals surface area contributed by atoms with Gasteiger partial charge in [0.2, 0.25) is 0 Å². The molecule has 2 aromatic rings. The number of oxime groups is 1. The number of nitrogens with zero attached hydrogens (tertiary/aromatic N) is 1. The Balaban J connectivity index is 2.07. The number of nitrogens with two attached hydrogens (primary N) is 1. The fraction of sp³-hybridized carbons (Fsp3) is 0.188. The molecule has 0 radical (unpaired) electrons. The Morgan fingerprint density at radius 1 is 1.29 bits per heavy atom. The molecule has 1 aromatic heterocycles. The normalized spacial score (nSPS) is 12.7. The van der Waals surface area contributed by atoms with E-state index >= 15 is 0 Å². The fourth-order valence-electron chi connectivity index (χ4n) is 1.99. The molecule has 0 aliphatic carbocycles. The second-order valence-corrected chi connectivity index (χ2v) is 4.55. The molecule has 0 saturated heterocycles. The summed E-state index contributed by atoms with van der Waals surface area (Å²) in [4.78, 5) is 20.0. The standard InChI is InChI=1S/C16H17N3O2/c1-2-14(12-7-4-3-5-8-12)16(20)21-19-15(17)13-9-6-10-18-11-13/h3-11,14H,2H2,1H3,(H2,17,19)/p+1. The van der Waals surface area contributed by atoms with Crippen LogP contribution in [0.15, 0.2) is 60.0 Å². The lowest BCUT2D eigenvalue weighted by atomic mass is 9.97. The van der Waals surface area contributed by atoms with E-state index in [1.807, 2.05) is 37.3 Å². The predicted octanol–water partition coefficient (Wildman–Crippen LogP) is 1.86. The molecule has 0 saturated carbocycles. The largest absolute Gasteiger partial charge is 0.380 e. The van der Waals surface area contributed by atoms with E-state index in [0.29, 0.717) is 12.0 Å². The van der Waals surface area contributed by atoms with Crippen LogP contribution < -0.4 is 10.7 Å². The van der Waals surface area contributed by atoms with Crippen LogP contribution in [-0.2, 0) is 9.63 Å². The number of rotatable bonds is 5. The van der Waals surface area contributed by atoms with Gasteiger partial charge < -0.3 is 10.6 Å². The van der Waals surface area contributed by atoms with Gasteiger partial charge in [0.1, 0.15) is 0 Å². The molecule has 0 bridgehead atoms. The van der Waals surface area contributed by atoms with E-state index in [1.54, 1.807) is 24.5 Å². The highest BCUT2D eigenvalue weighted by Crippen LogP contribution is 2.20. The number of benzene rings is 1. The third-order valence-electron chi connectivity index (χ3n) is 3.13. The van der Waals surface area contributed by atoms with Gasteiger partial charge in [0, 0.05) is 6.07 Å². The SMILES string of the molecule is CCC(C(=O)ON=C(N)c1ccc[nH+]c1)c1ccccc1. The monoisotopic (exact) mass is 284 g/mol. The highest BCUT2D eigenvalue weighted by atomic mass is 16.7. The van der Waals surface area contributed by atoms with E-state index in [4.69, 9.17) is 10.6 Å². The molecule has 0 amide bonds. The number of nitrogens with one attached hydrogen (secondary N) is 1. The van der Waals surface area contributed by atoms with Gasteiger partial charge in [-0.05, 0) is 18.1 Å². The Bertz CT molecular complexity index is 612. The van der Waals surface area contributed by atoms with Crippen LogP contribution >= 0.6 is 0 Å². The van der Waals surface area contributed by atoms with Gasteiger partial charge >= 0.3 is 5.97 Å². The Morgan fingerprint density at radius 3 is 2.67 bits per heavy atom.